The highest BCUT2D eigenvalue weighted by Crippen LogP contribution is 2.30. The standard InChI is InChI=1S/C21H13Br2N3O2S.BrH/c22-15-3-1-5-17(11-15)24-21-25(19-6-2-4-16(23)12-19)20(13-29-21)14-7-9-18(10-8-14)26(27)28;/h1-13H;1H. The lowest BCUT2D eigenvalue weighted by Crippen LogP contribution is -3.00. The monoisotopic (exact) mass is 609 g/mol. The van der Waals surface area contributed by atoms with Gasteiger partial charge in [0, 0.05) is 32.0 Å². The van der Waals surface area contributed by atoms with Gasteiger partial charge in [0.05, 0.1) is 4.92 Å². The van der Waals surface area contributed by atoms with E-state index >= 15 is 0 Å². The van der Waals surface area contributed by atoms with Crippen LogP contribution < -0.4 is 26.9 Å². The number of nitrogens with one attached hydrogen (secondary N) is 1. The summed E-state index contributed by atoms with van der Waals surface area (Å²) in [4.78, 5) is 10.6. The first kappa shape index (κ1) is 22.6. The summed E-state index contributed by atoms with van der Waals surface area (Å²) >= 11 is 8.62. The molecule has 4 rings (SSSR count). The SMILES string of the molecule is O=[N+]([O-])c1ccc(-c2csc(Nc3cccc(Br)c3)[n+]2-c2cccc(Br)c2)cc1.[Br-]. The number of non-ortho nitro benzene ring substituents is 1. The number of thiazole rings is 1. The average Bonchev–Trinajstić information content (AvgIpc) is 3.11. The number of anilines is 2. The van der Waals surface area contributed by atoms with Gasteiger partial charge in [-0.05, 0) is 48.5 Å². The zero-order chi connectivity index (χ0) is 20.4. The summed E-state index contributed by atoms with van der Waals surface area (Å²) < 4.78 is 4.07. The van der Waals surface area contributed by atoms with Gasteiger partial charge in [0.25, 0.3) is 5.69 Å². The third-order valence-electron chi connectivity index (χ3n) is 4.24. The van der Waals surface area contributed by atoms with E-state index in [1.165, 1.54) is 12.1 Å². The van der Waals surface area contributed by atoms with Crippen LogP contribution in [0.15, 0.2) is 87.1 Å². The molecule has 1 aromatic heterocycles. The van der Waals surface area contributed by atoms with Crippen molar-refractivity contribution in [1.29, 1.82) is 0 Å². The minimum absolute atomic E-state index is 0. The Morgan fingerprint density at radius 3 is 2.23 bits per heavy atom. The molecule has 0 aliphatic rings. The molecule has 0 fully saturated rings. The Bertz CT molecular complexity index is 1200. The van der Waals surface area contributed by atoms with Crippen molar-refractivity contribution in [2.45, 2.75) is 0 Å². The van der Waals surface area contributed by atoms with E-state index in [1.54, 1.807) is 23.5 Å². The highest BCUT2D eigenvalue weighted by atomic mass is 79.9. The van der Waals surface area contributed by atoms with Gasteiger partial charge < -0.3 is 17.0 Å². The fraction of sp³-hybridized carbons (Fsp3) is 0. The third kappa shape index (κ3) is 4.97. The molecule has 0 bridgehead atoms. The lowest BCUT2D eigenvalue weighted by molar-refractivity contribution is -0.563. The molecule has 0 radical (unpaired) electrons. The van der Waals surface area contributed by atoms with Crippen molar-refractivity contribution in [3.8, 4) is 16.9 Å². The quantitative estimate of drug-likeness (QED) is 0.212. The minimum Gasteiger partial charge on any atom is -1.00 e. The first-order chi connectivity index (χ1) is 14.0. The first-order valence-corrected chi connectivity index (χ1v) is 11.0. The number of benzene rings is 3. The van der Waals surface area contributed by atoms with Crippen LogP contribution in [-0.2, 0) is 0 Å². The van der Waals surface area contributed by atoms with Gasteiger partial charge in [-0.1, -0.05) is 55.3 Å². The largest absolute Gasteiger partial charge is 1.00 e. The van der Waals surface area contributed by atoms with Crippen molar-refractivity contribution in [2.24, 2.45) is 0 Å². The minimum atomic E-state index is -0.389. The van der Waals surface area contributed by atoms with Crippen LogP contribution in [0.3, 0.4) is 0 Å². The van der Waals surface area contributed by atoms with E-state index in [-0.39, 0.29) is 27.6 Å². The number of hydrogen-bond acceptors (Lipinski definition) is 4. The Kier molecular flexibility index (Phi) is 7.41. The predicted octanol–water partition coefficient (Wildman–Crippen LogP) is 3.87. The van der Waals surface area contributed by atoms with Crippen LogP contribution in [-0.4, -0.2) is 4.92 Å². The van der Waals surface area contributed by atoms with E-state index in [0.717, 1.165) is 36.7 Å². The van der Waals surface area contributed by atoms with E-state index in [9.17, 15) is 10.1 Å². The molecule has 9 heteroatoms. The van der Waals surface area contributed by atoms with Crippen molar-refractivity contribution in [1.82, 2.24) is 0 Å². The predicted molar refractivity (Wildman–Crippen MR) is 123 cm³/mol. The second-order valence-corrected chi connectivity index (χ2v) is 8.87. The lowest BCUT2D eigenvalue weighted by atomic mass is 10.1. The van der Waals surface area contributed by atoms with E-state index < -0.39 is 0 Å². The number of aromatic nitrogens is 1. The second-order valence-electron chi connectivity index (χ2n) is 6.18. The van der Waals surface area contributed by atoms with Gasteiger partial charge in [0.15, 0.2) is 5.69 Å². The molecule has 0 spiro atoms. The summed E-state index contributed by atoms with van der Waals surface area (Å²) in [6.45, 7) is 0. The van der Waals surface area contributed by atoms with Crippen molar-refractivity contribution < 1.29 is 26.5 Å². The van der Waals surface area contributed by atoms with Crippen LogP contribution in [0.4, 0.5) is 16.5 Å². The van der Waals surface area contributed by atoms with Crippen LogP contribution in [0.25, 0.3) is 16.9 Å². The van der Waals surface area contributed by atoms with Crippen LogP contribution in [0.5, 0.6) is 0 Å². The average molecular weight is 612 g/mol. The van der Waals surface area contributed by atoms with Crippen molar-refractivity contribution >= 4 is 59.7 Å². The normalized spacial score (nSPS) is 10.3. The van der Waals surface area contributed by atoms with Crippen molar-refractivity contribution in [3.63, 3.8) is 0 Å². The summed E-state index contributed by atoms with van der Waals surface area (Å²) in [7, 11) is 0. The summed E-state index contributed by atoms with van der Waals surface area (Å²) in [5.74, 6) is 0. The molecule has 0 aliphatic carbocycles. The topological polar surface area (TPSA) is 59.1 Å². The molecule has 152 valence electrons. The van der Waals surface area contributed by atoms with Gasteiger partial charge in [0.1, 0.15) is 11.4 Å². The molecule has 5 nitrogen and oxygen atoms in total. The van der Waals surface area contributed by atoms with E-state index in [2.05, 4.69) is 41.7 Å². The fourth-order valence-corrected chi connectivity index (χ4v) is 4.66. The number of nitro groups is 1. The van der Waals surface area contributed by atoms with Crippen LogP contribution in [0, 0.1) is 10.1 Å². The molecule has 0 atom stereocenters. The fourth-order valence-electron chi connectivity index (χ4n) is 2.92. The number of halogens is 3. The number of hydrogen-bond donors (Lipinski definition) is 1. The van der Waals surface area contributed by atoms with Crippen molar-refractivity contribution in [3.05, 3.63) is 97.2 Å². The number of rotatable bonds is 5. The van der Waals surface area contributed by atoms with Crippen LogP contribution in [0.1, 0.15) is 0 Å². The highest BCUT2D eigenvalue weighted by molar-refractivity contribution is 9.10. The van der Waals surface area contributed by atoms with Crippen LogP contribution >= 0.6 is 43.2 Å². The Morgan fingerprint density at radius 1 is 0.933 bits per heavy atom. The first-order valence-electron chi connectivity index (χ1n) is 8.58. The summed E-state index contributed by atoms with van der Waals surface area (Å²) in [6, 6.07) is 22.6. The molecule has 0 amide bonds. The smallest absolute Gasteiger partial charge is 0.344 e. The van der Waals surface area contributed by atoms with E-state index in [1.807, 2.05) is 53.9 Å². The maximum Gasteiger partial charge on any atom is 0.344 e. The second kappa shape index (κ2) is 9.82. The molecule has 1 heterocycles. The van der Waals surface area contributed by atoms with Crippen molar-refractivity contribution in [2.75, 3.05) is 5.32 Å². The maximum absolute atomic E-state index is 11.0. The Morgan fingerprint density at radius 2 is 1.60 bits per heavy atom. The summed E-state index contributed by atoms with van der Waals surface area (Å²) in [6.07, 6.45) is 0. The molecule has 3 aromatic carbocycles. The van der Waals surface area contributed by atoms with Crippen LogP contribution in [0.2, 0.25) is 0 Å². The molecule has 0 saturated carbocycles. The Hall–Kier alpha value is -2.07. The zero-order valence-corrected chi connectivity index (χ0v) is 20.8. The van der Waals surface area contributed by atoms with Gasteiger partial charge >= 0.3 is 5.13 Å². The zero-order valence-electron chi connectivity index (χ0n) is 15.3. The van der Waals surface area contributed by atoms with Gasteiger partial charge in [-0.25, -0.2) is 5.32 Å². The van der Waals surface area contributed by atoms with Gasteiger partial charge in [-0.15, -0.1) is 0 Å². The Labute approximate surface area is 204 Å². The third-order valence-corrected chi connectivity index (χ3v) is 6.08. The summed E-state index contributed by atoms with van der Waals surface area (Å²) in [5.41, 5.74) is 3.85. The van der Waals surface area contributed by atoms with Gasteiger partial charge in [-0.2, -0.15) is 4.57 Å². The van der Waals surface area contributed by atoms with E-state index in [4.69, 9.17) is 0 Å². The molecular formula is C21H14Br3N3O2S. The number of nitrogens with zero attached hydrogens (tertiary/aromatic N) is 2. The van der Waals surface area contributed by atoms with Gasteiger partial charge in [0.2, 0.25) is 0 Å². The summed E-state index contributed by atoms with van der Waals surface area (Å²) in [5, 5.41) is 17.4. The number of nitro benzene ring substituents is 1. The molecule has 30 heavy (non-hydrogen) atoms. The molecule has 0 saturated heterocycles. The van der Waals surface area contributed by atoms with Gasteiger partial charge in [-0.3, -0.25) is 10.1 Å². The highest BCUT2D eigenvalue weighted by Gasteiger charge is 2.22. The molecule has 0 aliphatic heterocycles. The molecule has 1 N–H and O–H groups in total. The molecular weight excluding hydrogens is 598 g/mol. The van der Waals surface area contributed by atoms with E-state index in [0.29, 0.717) is 0 Å². The molecule has 4 aromatic rings. The Balaban J connectivity index is 0.00000256. The lowest BCUT2D eigenvalue weighted by Gasteiger charge is -2.07. The molecule has 0 unspecified atom stereocenters. The maximum atomic E-state index is 11.0.